The lowest BCUT2D eigenvalue weighted by Gasteiger charge is -2.26. The molecule has 0 aromatic heterocycles. The summed E-state index contributed by atoms with van der Waals surface area (Å²) in [5.41, 5.74) is 9.04. The lowest BCUT2D eigenvalue weighted by atomic mass is 9.90. The van der Waals surface area contributed by atoms with Gasteiger partial charge in [0.25, 0.3) is 0 Å². The van der Waals surface area contributed by atoms with Crippen LogP contribution in [0.15, 0.2) is 30.3 Å². The first-order valence-corrected chi connectivity index (χ1v) is 7.32. The van der Waals surface area contributed by atoms with E-state index in [9.17, 15) is 0 Å². The number of ether oxygens (including phenoxy) is 1. The molecule has 3 rings (SSSR count). The quantitative estimate of drug-likeness (QED) is 0.761. The molecule has 1 unspecified atom stereocenters. The molecule has 1 nitrogen and oxygen atoms in total. The summed E-state index contributed by atoms with van der Waals surface area (Å²) in [7, 11) is 1.81. The monoisotopic (exact) mass is 266 g/mol. The second-order valence-electron chi connectivity index (χ2n) is 5.99. The smallest absolute Gasteiger partial charge is 0.116 e. The van der Waals surface area contributed by atoms with E-state index >= 15 is 0 Å². The third-order valence-electron chi connectivity index (χ3n) is 4.63. The molecular weight excluding hydrogens is 244 g/mol. The van der Waals surface area contributed by atoms with Crippen molar-refractivity contribution >= 4 is 0 Å². The Balaban J connectivity index is 2.41. The van der Waals surface area contributed by atoms with Crippen LogP contribution < -0.4 is 0 Å². The van der Waals surface area contributed by atoms with Gasteiger partial charge in [-0.2, -0.15) is 0 Å². The highest BCUT2D eigenvalue weighted by Gasteiger charge is 2.40. The van der Waals surface area contributed by atoms with Crippen LogP contribution in [0.2, 0.25) is 0 Å². The van der Waals surface area contributed by atoms with Crippen LogP contribution in [0.3, 0.4) is 0 Å². The topological polar surface area (TPSA) is 9.23 Å². The number of benzene rings is 2. The van der Waals surface area contributed by atoms with E-state index in [1.165, 1.54) is 38.9 Å². The summed E-state index contributed by atoms with van der Waals surface area (Å²) in [6.45, 7) is 8.73. The fourth-order valence-corrected chi connectivity index (χ4v) is 3.47. The van der Waals surface area contributed by atoms with Crippen LogP contribution in [0.4, 0.5) is 0 Å². The zero-order chi connectivity index (χ0) is 14.5. The van der Waals surface area contributed by atoms with E-state index in [2.05, 4.69) is 58.0 Å². The van der Waals surface area contributed by atoms with Crippen LogP contribution in [-0.2, 0) is 16.8 Å². The first-order valence-electron chi connectivity index (χ1n) is 7.32. The molecule has 0 saturated heterocycles. The van der Waals surface area contributed by atoms with Crippen molar-refractivity contribution in [1.82, 2.24) is 0 Å². The number of hydrogen-bond donors (Lipinski definition) is 0. The molecule has 0 saturated carbocycles. The molecule has 0 N–H and O–H groups in total. The molecule has 0 heterocycles. The minimum absolute atomic E-state index is 0.327. The van der Waals surface area contributed by atoms with Crippen LogP contribution in [0.25, 0.3) is 11.1 Å². The number of aryl methyl sites for hydroxylation is 3. The SMILES string of the molecule is CCc1cc(C)cc2c1-c1ccc(C)cc1C2(C)OC. The van der Waals surface area contributed by atoms with Gasteiger partial charge in [0, 0.05) is 7.11 Å². The van der Waals surface area contributed by atoms with E-state index in [0.717, 1.165) is 6.42 Å². The van der Waals surface area contributed by atoms with Crippen molar-refractivity contribution in [3.8, 4) is 11.1 Å². The number of rotatable bonds is 2. The van der Waals surface area contributed by atoms with E-state index in [1.807, 2.05) is 7.11 Å². The minimum Gasteiger partial charge on any atom is -0.369 e. The molecule has 0 fully saturated rings. The van der Waals surface area contributed by atoms with Crippen molar-refractivity contribution in [2.24, 2.45) is 0 Å². The molecule has 2 aromatic rings. The van der Waals surface area contributed by atoms with Gasteiger partial charge in [-0.05, 0) is 55.0 Å². The second kappa shape index (κ2) is 4.46. The summed E-state index contributed by atoms with van der Waals surface area (Å²) in [5.74, 6) is 0. The zero-order valence-electron chi connectivity index (χ0n) is 13.0. The van der Waals surface area contributed by atoms with E-state index in [-0.39, 0.29) is 5.60 Å². The Kier molecular flexibility index (Phi) is 2.98. The van der Waals surface area contributed by atoms with Crippen molar-refractivity contribution in [2.45, 2.75) is 39.7 Å². The molecule has 0 spiro atoms. The molecular formula is C19H22O. The van der Waals surface area contributed by atoms with Gasteiger partial charge >= 0.3 is 0 Å². The predicted octanol–water partition coefficient (Wildman–Crippen LogP) is 4.76. The van der Waals surface area contributed by atoms with Gasteiger partial charge in [-0.1, -0.05) is 48.4 Å². The summed E-state index contributed by atoms with van der Waals surface area (Å²) in [6, 6.07) is 11.3. The first-order chi connectivity index (χ1) is 9.51. The average Bonchev–Trinajstić information content (AvgIpc) is 2.68. The third-order valence-corrected chi connectivity index (χ3v) is 4.63. The molecule has 0 bridgehead atoms. The predicted molar refractivity (Wildman–Crippen MR) is 84.2 cm³/mol. The van der Waals surface area contributed by atoms with Crippen molar-refractivity contribution in [3.05, 3.63) is 58.1 Å². The fourth-order valence-electron chi connectivity index (χ4n) is 3.47. The highest BCUT2D eigenvalue weighted by Crippen LogP contribution is 2.51. The molecule has 20 heavy (non-hydrogen) atoms. The normalized spacial score (nSPS) is 19.9. The van der Waals surface area contributed by atoms with E-state index in [1.54, 1.807) is 0 Å². The van der Waals surface area contributed by atoms with Crippen LogP contribution in [-0.4, -0.2) is 7.11 Å². The highest BCUT2D eigenvalue weighted by molar-refractivity contribution is 5.83. The van der Waals surface area contributed by atoms with Gasteiger partial charge in [0.15, 0.2) is 0 Å². The van der Waals surface area contributed by atoms with Crippen molar-refractivity contribution in [1.29, 1.82) is 0 Å². The molecule has 0 radical (unpaired) electrons. The van der Waals surface area contributed by atoms with Gasteiger partial charge in [0.2, 0.25) is 0 Å². The van der Waals surface area contributed by atoms with Crippen molar-refractivity contribution in [3.63, 3.8) is 0 Å². The Morgan fingerprint density at radius 2 is 1.70 bits per heavy atom. The third kappa shape index (κ3) is 1.66. The minimum atomic E-state index is -0.327. The van der Waals surface area contributed by atoms with E-state index in [0.29, 0.717) is 0 Å². The van der Waals surface area contributed by atoms with Crippen molar-refractivity contribution < 1.29 is 4.74 Å². The molecule has 1 atom stereocenters. The van der Waals surface area contributed by atoms with Gasteiger partial charge in [-0.3, -0.25) is 0 Å². The van der Waals surface area contributed by atoms with E-state index in [4.69, 9.17) is 4.74 Å². The molecule has 2 aromatic carbocycles. The van der Waals surface area contributed by atoms with Crippen LogP contribution in [0.5, 0.6) is 0 Å². The van der Waals surface area contributed by atoms with Gasteiger partial charge < -0.3 is 4.74 Å². The van der Waals surface area contributed by atoms with Gasteiger partial charge in [0.05, 0.1) is 0 Å². The largest absolute Gasteiger partial charge is 0.369 e. The Hall–Kier alpha value is -1.60. The lowest BCUT2D eigenvalue weighted by molar-refractivity contribution is 0.0429. The Labute approximate surface area is 121 Å². The Bertz CT molecular complexity index is 684. The number of fused-ring (bicyclic) bond motifs is 3. The van der Waals surface area contributed by atoms with Gasteiger partial charge in [-0.25, -0.2) is 0 Å². The Morgan fingerprint density at radius 1 is 1.00 bits per heavy atom. The zero-order valence-corrected chi connectivity index (χ0v) is 13.0. The number of hydrogen-bond acceptors (Lipinski definition) is 1. The Morgan fingerprint density at radius 3 is 2.35 bits per heavy atom. The molecule has 0 amide bonds. The molecule has 1 heteroatoms. The second-order valence-corrected chi connectivity index (χ2v) is 5.99. The van der Waals surface area contributed by atoms with Crippen LogP contribution >= 0.6 is 0 Å². The van der Waals surface area contributed by atoms with E-state index < -0.39 is 0 Å². The molecule has 104 valence electrons. The van der Waals surface area contributed by atoms with Crippen molar-refractivity contribution in [2.75, 3.05) is 7.11 Å². The highest BCUT2D eigenvalue weighted by atomic mass is 16.5. The fraction of sp³-hybridized carbons (Fsp3) is 0.368. The summed E-state index contributed by atoms with van der Waals surface area (Å²) in [4.78, 5) is 0. The summed E-state index contributed by atoms with van der Waals surface area (Å²) in [6.07, 6.45) is 1.05. The van der Waals surface area contributed by atoms with Gasteiger partial charge in [0.1, 0.15) is 5.60 Å². The summed E-state index contributed by atoms with van der Waals surface area (Å²) < 4.78 is 5.96. The van der Waals surface area contributed by atoms with Crippen LogP contribution in [0.1, 0.15) is 41.7 Å². The molecule has 0 aliphatic heterocycles. The summed E-state index contributed by atoms with van der Waals surface area (Å²) in [5, 5.41) is 0. The average molecular weight is 266 g/mol. The maximum absolute atomic E-state index is 5.96. The van der Waals surface area contributed by atoms with Crippen LogP contribution in [0, 0.1) is 13.8 Å². The molecule has 1 aliphatic rings. The molecule has 1 aliphatic carbocycles. The van der Waals surface area contributed by atoms with Gasteiger partial charge in [-0.15, -0.1) is 0 Å². The first kappa shape index (κ1) is 13.4. The maximum Gasteiger partial charge on any atom is 0.116 e. The summed E-state index contributed by atoms with van der Waals surface area (Å²) >= 11 is 0. The maximum atomic E-state index is 5.96. The number of methoxy groups -OCH3 is 1. The lowest BCUT2D eigenvalue weighted by Crippen LogP contribution is -2.23. The standard InChI is InChI=1S/C19H22O/c1-6-14-9-13(3)11-17-18(14)15-8-7-12(2)10-16(15)19(17,4)20-5/h7-11H,6H2,1-5H3.